The van der Waals surface area contributed by atoms with Gasteiger partial charge in [0.2, 0.25) is 5.91 Å². The molecule has 0 spiro atoms. The SMILES string of the molecule is Cc1nnnn1-c1ccc(F)c(NC(=O)CN2CCC(N)C(C)(C)C2)c1.Cl. The van der Waals surface area contributed by atoms with Crippen molar-refractivity contribution in [2.75, 3.05) is 25.0 Å². The summed E-state index contributed by atoms with van der Waals surface area (Å²) in [6.07, 6.45) is 0.836. The molecule has 1 amide bonds. The highest BCUT2D eigenvalue weighted by Gasteiger charge is 2.33. The number of carbonyl (C=O) groups is 1. The molecule has 8 nitrogen and oxygen atoms in total. The lowest BCUT2D eigenvalue weighted by Crippen LogP contribution is -2.53. The molecule has 0 saturated carbocycles. The van der Waals surface area contributed by atoms with E-state index in [2.05, 4.69) is 34.7 Å². The third-order valence-corrected chi connectivity index (χ3v) is 4.85. The number of nitrogens with two attached hydrogens (primary N) is 1. The average Bonchev–Trinajstić information content (AvgIpc) is 2.99. The molecule has 10 heteroatoms. The fraction of sp³-hybridized carbons (Fsp3) is 0.529. The molecular weight excluding hydrogens is 373 g/mol. The summed E-state index contributed by atoms with van der Waals surface area (Å²) in [6.45, 7) is 7.62. The van der Waals surface area contributed by atoms with E-state index in [-0.39, 0.29) is 42.0 Å². The molecule has 2 heterocycles. The molecule has 148 valence electrons. The van der Waals surface area contributed by atoms with Gasteiger partial charge >= 0.3 is 0 Å². The van der Waals surface area contributed by atoms with E-state index >= 15 is 0 Å². The Morgan fingerprint density at radius 3 is 2.81 bits per heavy atom. The molecule has 1 aromatic carbocycles. The van der Waals surface area contributed by atoms with Crippen molar-refractivity contribution in [3.05, 3.63) is 29.8 Å². The Kier molecular flexibility index (Phi) is 6.50. The Morgan fingerprint density at radius 2 is 2.19 bits per heavy atom. The lowest BCUT2D eigenvalue weighted by molar-refractivity contribution is -0.118. The molecule has 1 unspecified atom stereocenters. The van der Waals surface area contributed by atoms with E-state index in [1.165, 1.54) is 16.8 Å². The minimum absolute atomic E-state index is 0. The van der Waals surface area contributed by atoms with Crippen molar-refractivity contribution in [2.45, 2.75) is 33.2 Å². The number of halogens is 2. The zero-order chi connectivity index (χ0) is 18.9. The third-order valence-electron chi connectivity index (χ3n) is 4.85. The quantitative estimate of drug-likeness (QED) is 0.811. The molecule has 0 radical (unpaired) electrons. The van der Waals surface area contributed by atoms with Crippen LogP contribution in [0.5, 0.6) is 0 Å². The number of nitrogens with one attached hydrogen (secondary N) is 1. The van der Waals surface area contributed by atoms with Crippen molar-refractivity contribution >= 4 is 24.0 Å². The van der Waals surface area contributed by atoms with Crippen molar-refractivity contribution in [3.8, 4) is 5.69 Å². The highest BCUT2D eigenvalue weighted by molar-refractivity contribution is 5.92. The molecule has 3 N–H and O–H groups in total. The van der Waals surface area contributed by atoms with Crippen LogP contribution in [-0.4, -0.2) is 56.7 Å². The molecule has 2 aromatic rings. The first-order chi connectivity index (χ1) is 12.3. The Labute approximate surface area is 163 Å². The summed E-state index contributed by atoms with van der Waals surface area (Å²) in [5, 5.41) is 13.9. The topological polar surface area (TPSA) is 102 Å². The second kappa shape index (κ2) is 8.28. The standard InChI is InChI=1S/C17H24FN7O.ClH/c1-11-21-22-23-25(11)12-4-5-13(18)14(8-12)20-16(26)9-24-7-6-15(19)17(2,3)10-24;/h4-5,8,15H,6-7,9-10,19H2,1-3H3,(H,20,26);1H. The van der Waals surface area contributed by atoms with E-state index in [0.717, 1.165) is 19.5 Å². The number of rotatable bonds is 4. The maximum atomic E-state index is 14.1. The molecule has 1 aliphatic heterocycles. The van der Waals surface area contributed by atoms with Gasteiger partial charge in [-0.2, -0.15) is 4.68 Å². The summed E-state index contributed by atoms with van der Waals surface area (Å²) in [5.41, 5.74) is 6.76. The van der Waals surface area contributed by atoms with E-state index in [9.17, 15) is 9.18 Å². The number of carbonyl (C=O) groups excluding carboxylic acids is 1. The molecule has 1 aliphatic rings. The molecule has 0 aliphatic carbocycles. The molecule has 1 aromatic heterocycles. The number of likely N-dealkylation sites (tertiary alicyclic amines) is 1. The van der Waals surface area contributed by atoms with Crippen LogP contribution in [-0.2, 0) is 4.79 Å². The van der Waals surface area contributed by atoms with Gasteiger partial charge in [0.15, 0.2) is 5.82 Å². The molecule has 1 fully saturated rings. The van der Waals surface area contributed by atoms with E-state index in [1.54, 1.807) is 13.0 Å². The molecule has 27 heavy (non-hydrogen) atoms. The van der Waals surface area contributed by atoms with Gasteiger partial charge < -0.3 is 11.1 Å². The number of piperidine rings is 1. The number of tetrazole rings is 1. The van der Waals surface area contributed by atoms with Gasteiger partial charge in [-0.15, -0.1) is 17.5 Å². The predicted octanol–water partition coefficient (Wildman–Crippen LogP) is 1.53. The van der Waals surface area contributed by atoms with Gasteiger partial charge in [-0.1, -0.05) is 13.8 Å². The molecule has 3 rings (SSSR count). The van der Waals surface area contributed by atoms with Crippen LogP contribution >= 0.6 is 12.4 Å². The Morgan fingerprint density at radius 1 is 1.44 bits per heavy atom. The van der Waals surface area contributed by atoms with Gasteiger partial charge in [-0.05, 0) is 47.4 Å². The smallest absolute Gasteiger partial charge is 0.238 e. The number of anilines is 1. The van der Waals surface area contributed by atoms with Crippen molar-refractivity contribution in [2.24, 2.45) is 11.1 Å². The maximum Gasteiger partial charge on any atom is 0.238 e. The van der Waals surface area contributed by atoms with Gasteiger partial charge in [0.1, 0.15) is 5.82 Å². The Balaban J connectivity index is 0.00000261. The summed E-state index contributed by atoms with van der Waals surface area (Å²) in [5.74, 6) is -0.199. The van der Waals surface area contributed by atoms with E-state index < -0.39 is 5.82 Å². The minimum Gasteiger partial charge on any atom is -0.327 e. The van der Waals surface area contributed by atoms with Crippen LogP contribution < -0.4 is 11.1 Å². The molecule has 0 bridgehead atoms. The number of hydrogen-bond donors (Lipinski definition) is 2. The van der Waals surface area contributed by atoms with Crippen LogP contribution in [0.1, 0.15) is 26.1 Å². The van der Waals surface area contributed by atoms with Crippen LogP contribution in [0.3, 0.4) is 0 Å². The van der Waals surface area contributed by atoms with Gasteiger partial charge in [0, 0.05) is 19.1 Å². The van der Waals surface area contributed by atoms with E-state index in [1.807, 2.05) is 4.90 Å². The van der Waals surface area contributed by atoms with Gasteiger partial charge in [0.25, 0.3) is 0 Å². The van der Waals surface area contributed by atoms with Gasteiger partial charge in [0.05, 0.1) is 17.9 Å². The first-order valence-corrected chi connectivity index (χ1v) is 8.59. The summed E-state index contributed by atoms with van der Waals surface area (Å²) in [4.78, 5) is 14.4. The van der Waals surface area contributed by atoms with Crippen molar-refractivity contribution < 1.29 is 9.18 Å². The highest BCUT2D eigenvalue weighted by atomic mass is 35.5. The van der Waals surface area contributed by atoms with Crippen LogP contribution in [0.4, 0.5) is 10.1 Å². The molecule has 1 atom stereocenters. The number of aromatic nitrogens is 4. The zero-order valence-corrected chi connectivity index (χ0v) is 16.5. The summed E-state index contributed by atoms with van der Waals surface area (Å²) in [6, 6.07) is 4.49. The molecular formula is C17H25ClFN7O. The Bertz CT molecular complexity index is 810. The van der Waals surface area contributed by atoms with Crippen LogP contribution in [0.25, 0.3) is 5.69 Å². The number of nitrogens with zero attached hydrogens (tertiary/aromatic N) is 5. The highest BCUT2D eigenvalue weighted by Crippen LogP contribution is 2.27. The average molecular weight is 398 g/mol. The summed E-state index contributed by atoms with van der Waals surface area (Å²) >= 11 is 0. The van der Waals surface area contributed by atoms with Crippen LogP contribution in [0.15, 0.2) is 18.2 Å². The number of benzene rings is 1. The van der Waals surface area contributed by atoms with Gasteiger partial charge in [-0.25, -0.2) is 4.39 Å². The first kappa shape index (κ1) is 21.2. The first-order valence-electron chi connectivity index (χ1n) is 8.59. The molecule has 1 saturated heterocycles. The fourth-order valence-electron chi connectivity index (χ4n) is 3.22. The monoisotopic (exact) mass is 397 g/mol. The normalized spacial score (nSPS) is 19.4. The number of hydrogen-bond acceptors (Lipinski definition) is 6. The van der Waals surface area contributed by atoms with E-state index in [0.29, 0.717) is 11.5 Å². The van der Waals surface area contributed by atoms with E-state index in [4.69, 9.17) is 5.73 Å². The lowest BCUT2D eigenvalue weighted by Gasteiger charge is -2.42. The summed E-state index contributed by atoms with van der Waals surface area (Å²) < 4.78 is 15.6. The second-order valence-corrected chi connectivity index (χ2v) is 7.44. The third kappa shape index (κ3) is 4.79. The second-order valence-electron chi connectivity index (χ2n) is 7.44. The summed E-state index contributed by atoms with van der Waals surface area (Å²) in [7, 11) is 0. The van der Waals surface area contributed by atoms with Gasteiger partial charge in [-0.3, -0.25) is 9.69 Å². The minimum atomic E-state index is -0.506. The Hall–Kier alpha value is -2.10. The fourth-order valence-corrected chi connectivity index (χ4v) is 3.22. The van der Waals surface area contributed by atoms with Crippen molar-refractivity contribution in [3.63, 3.8) is 0 Å². The maximum absolute atomic E-state index is 14.1. The largest absolute Gasteiger partial charge is 0.327 e. The lowest BCUT2D eigenvalue weighted by atomic mass is 9.80. The predicted molar refractivity (Wildman–Crippen MR) is 103 cm³/mol. The van der Waals surface area contributed by atoms with Crippen LogP contribution in [0.2, 0.25) is 0 Å². The van der Waals surface area contributed by atoms with Crippen molar-refractivity contribution in [1.82, 2.24) is 25.1 Å². The number of aryl methyl sites for hydroxylation is 1. The zero-order valence-electron chi connectivity index (χ0n) is 15.6. The van der Waals surface area contributed by atoms with Crippen LogP contribution in [0, 0.1) is 18.2 Å². The van der Waals surface area contributed by atoms with Crippen molar-refractivity contribution in [1.29, 1.82) is 0 Å². The number of amides is 1.